The first-order chi connectivity index (χ1) is 5.95. The van der Waals surface area contributed by atoms with Gasteiger partial charge in [-0.25, -0.2) is 0 Å². The van der Waals surface area contributed by atoms with Gasteiger partial charge >= 0.3 is 0 Å². The van der Waals surface area contributed by atoms with E-state index in [1.54, 1.807) is 0 Å². The van der Waals surface area contributed by atoms with Crippen molar-refractivity contribution in [3.05, 3.63) is 0 Å². The summed E-state index contributed by atoms with van der Waals surface area (Å²) in [4.78, 5) is 0. The highest BCUT2D eigenvalue weighted by Gasteiger charge is 2.41. The van der Waals surface area contributed by atoms with Gasteiger partial charge in [0.25, 0.3) is 0 Å². The summed E-state index contributed by atoms with van der Waals surface area (Å²) in [6.45, 7) is 11.7. The maximum atomic E-state index is 6.20. The van der Waals surface area contributed by atoms with Gasteiger partial charge in [-0.3, -0.25) is 0 Å². The predicted molar refractivity (Wildman–Crippen MR) is 58.4 cm³/mol. The lowest BCUT2D eigenvalue weighted by Gasteiger charge is -2.30. The lowest BCUT2D eigenvalue weighted by atomic mass is 9.76. The van der Waals surface area contributed by atoms with Crippen LogP contribution in [0.1, 0.15) is 41.0 Å². The van der Waals surface area contributed by atoms with Crippen molar-refractivity contribution in [2.75, 3.05) is 0 Å². The fourth-order valence-electron chi connectivity index (χ4n) is 3.45. The minimum absolute atomic E-state index is 0.447. The Morgan fingerprint density at radius 1 is 1.00 bits per heavy atom. The molecule has 1 fully saturated rings. The van der Waals surface area contributed by atoms with Crippen LogP contribution in [0.2, 0.25) is 0 Å². The van der Waals surface area contributed by atoms with E-state index < -0.39 is 0 Å². The van der Waals surface area contributed by atoms with Crippen molar-refractivity contribution in [1.82, 2.24) is 0 Å². The lowest BCUT2D eigenvalue weighted by Crippen LogP contribution is -2.33. The van der Waals surface area contributed by atoms with Crippen LogP contribution < -0.4 is 5.73 Å². The average Bonchev–Trinajstić information content (AvgIpc) is 2.24. The van der Waals surface area contributed by atoms with E-state index in [1.807, 2.05) is 0 Å². The second kappa shape index (κ2) is 4.00. The third kappa shape index (κ3) is 2.07. The standard InChI is InChI=1S/C12H25N/c1-7(2)11-9(5)6-10(13)12(11)8(3)4/h7-12H,6,13H2,1-5H3. The van der Waals surface area contributed by atoms with Gasteiger partial charge in [0.2, 0.25) is 0 Å². The summed E-state index contributed by atoms with van der Waals surface area (Å²) in [7, 11) is 0. The molecule has 0 radical (unpaired) electrons. The zero-order chi connectivity index (χ0) is 10.2. The fraction of sp³-hybridized carbons (Fsp3) is 1.00. The summed E-state index contributed by atoms with van der Waals surface area (Å²) in [5, 5.41) is 0. The summed E-state index contributed by atoms with van der Waals surface area (Å²) in [6, 6.07) is 0.447. The molecule has 0 bridgehead atoms. The van der Waals surface area contributed by atoms with Crippen molar-refractivity contribution in [2.24, 2.45) is 35.3 Å². The first-order valence-corrected chi connectivity index (χ1v) is 5.70. The Morgan fingerprint density at radius 2 is 1.46 bits per heavy atom. The van der Waals surface area contributed by atoms with E-state index in [9.17, 15) is 0 Å². The topological polar surface area (TPSA) is 26.0 Å². The van der Waals surface area contributed by atoms with Gasteiger partial charge in [-0.15, -0.1) is 0 Å². The SMILES string of the molecule is CC(C)C1C(C)CC(N)C1C(C)C. The number of hydrogen-bond acceptors (Lipinski definition) is 1. The minimum Gasteiger partial charge on any atom is -0.327 e. The molecule has 0 heterocycles. The van der Waals surface area contributed by atoms with Gasteiger partial charge in [0.15, 0.2) is 0 Å². The first-order valence-electron chi connectivity index (χ1n) is 5.70. The molecule has 0 aliphatic heterocycles. The van der Waals surface area contributed by atoms with Gasteiger partial charge in [-0.1, -0.05) is 34.6 Å². The van der Waals surface area contributed by atoms with E-state index in [1.165, 1.54) is 6.42 Å². The molecule has 0 saturated heterocycles. The first kappa shape index (κ1) is 11.0. The van der Waals surface area contributed by atoms with Crippen molar-refractivity contribution < 1.29 is 0 Å². The summed E-state index contributed by atoms with van der Waals surface area (Å²) in [5.74, 6) is 3.94. The van der Waals surface area contributed by atoms with E-state index in [2.05, 4.69) is 34.6 Å². The highest BCUT2D eigenvalue weighted by molar-refractivity contribution is 4.93. The molecule has 78 valence electrons. The van der Waals surface area contributed by atoms with Gasteiger partial charge in [0.05, 0.1) is 0 Å². The minimum atomic E-state index is 0.447. The molecule has 1 aliphatic rings. The van der Waals surface area contributed by atoms with Gasteiger partial charge in [0.1, 0.15) is 0 Å². The average molecular weight is 183 g/mol. The van der Waals surface area contributed by atoms with Crippen molar-refractivity contribution in [3.63, 3.8) is 0 Å². The quantitative estimate of drug-likeness (QED) is 0.700. The fourth-order valence-corrected chi connectivity index (χ4v) is 3.45. The Bertz CT molecular complexity index is 145. The summed E-state index contributed by atoms with van der Waals surface area (Å²) in [5.41, 5.74) is 6.20. The second-order valence-corrected chi connectivity index (χ2v) is 5.52. The van der Waals surface area contributed by atoms with Crippen molar-refractivity contribution in [2.45, 2.75) is 47.1 Å². The maximum absolute atomic E-state index is 6.20. The molecule has 1 saturated carbocycles. The van der Waals surface area contributed by atoms with Gasteiger partial charge < -0.3 is 5.73 Å². The monoisotopic (exact) mass is 183 g/mol. The van der Waals surface area contributed by atoms with Gasteiger partial charge in [0, 0.05) is 6.04 Å². The molecule has 4 unspecified atom stereocenters. The molecule has 0 aromatic heterocycles. The Morgan fingerprint density at radius 3 is 1.77 bits per heavy atom. The van der Waals surface area contributed by atoms with Crippen LogP contribution in [0.3, 0.4) is 0 Å². The summed E-state index contributed by atoms with van der Waals surface area (Å²) in [6.07, 6.45) is 1.23. The molecule has 1 aliphatic carbocycles. The third-order valence-electron chi connectivity index (χ3n) is 3.78. The van der Waals surface area contributed by atoms with E-state index in [0.717, 1.165) is 29.6 Å². The maximum Gasteiger partial charge on any atom is 0.00750 e. The van der Waals surface area contributed by atoms with Crippen LogP contribution in [-0.2, 0) is 0 Å². The Hall–Kier alpha value is -0.0400. The molecule has 2 N–H and O–H groups in total. The smallest absolute Gasteiger partial charge is 0.00750 e. The molecule has 13 heavy (non-hydrogen) atoms. The molecular weight excluding hydrogens is 158 g/mol. The van der Waals surface area contributed by atoms with Crippen LogP contribution in [0.15, 0.2) is 0 Å². The molecule has 1 heteroatoms. The van der Waals surface area contributed by atoms with Crippen LogP contribution in [0.4, 0.5) is 0 Å². The Kier molecular flexibility index (Phi) is 3.39. The molecule has 0 aromatic rings. The van der Waals surface area contributed by atoms with Crippen LogP contribution in [0.25, 0.3) is 0 Å². The molecule has 1 nitrogen and oxygen atoms in total. The van der Waals surface area contributed by atoms with Crippen molar-refractivity contribution in [3.8, 4) is 0 Å². The van der Waals surface area contributed by atoms with E-state index in [0.29, 0.717) is 6.04 Å². The predicted octanol–water partition coefficient (Wildman–Crippen LogP) is 2.90. The highest BCUT2D eigenvalue weighted by atomic mass is 14.7. The van der Waals surface area contributed by atoms with Crippen LogP contribution >= 0.6 is 0 Å². The number of rotatable bonds is 2. The highest BCUT2D eigenvalue weighted by Crippen LogP contribution is 2.44. The van der Waals surface area contributed by atoms with Crippen molar-refractivity contribution in [1.29, 1.82) is 0 Å². The van der Waals surface area contributed by atoms with E-state index >= 15 is 0 Å². The van der Waals surface area contributed by atoms with Crippen LogP contribution in [-0.4, -0.2) is 6.04 Å². The van der Waals surface area contributed by atoms with Crippen molar-refractivity contribution >= 4 is 0 Å². The normalized spacial score (nSPS) is 40.6. The summed E-state index contributed by atoms with van der Waals surface area (Å²) < 4.78 is 0. The molecule has 0 amide bonds. The number of hydrogen-bond donors (Lipinski definition) is 1. The second-order valence-electron chi connectivity index (χ2n) is 5.52. The van der Waals surface area contributed by atoms with E-state index in [-0.39, 0.29) is 0 Å². The summed E-state index contributed by atoms with van der Waals surface area (Å²) >= 11 is 0. The van der Waals surface area contributed by atoms with Crippen LogP contribution in [0, 0.1) is 29.6 Å². The Labute approximate surface area is 83.1 Å². The molecular formula is C12H25N. The Balaban J connectivity index is 2.77. The van der Waals surface area contributed by atoms with Gasteiger partial charge in [-0.05, 0) is 36.0 Å². The van der Waals surface area contributed by atoms with Gasteiger partial charge in [-0.2, -0.15) is 0 Å². The zero-order valence-corrected chi connectivity index (χ0v) is 9.75. The third-order valence-corrected chi connectivity index (χ3v) is 3.78. The molecule has 1 rings (SSSR count). The van der Waals surface area contributed by atoms with Crippen LogP contribution in [0.5, 0.6) is 0 Å². The largest absolute Gasteiger partial charge is 0.327 e. The number of nitrogens with two attached hydrogens (primary N) is 1. The molecule has 4 atom stereocenters. The lowest BCUT2D eigenvalue weighted by molar-refractivity contribution is 0.189. The van der Waals surface area contributed by atoms with E-state index in [4.69, 9.17) is 5.73 Å². The molecule has 0 aromatic carbocycles. The zero-order valence-electron chi connectivity index (χ0n) is 9.75. The molecule has 0 spiro atoms.